The smallest absolute Gasteiger partial charge is 0.272 e. The van der Waals surface area contributed by atoms with E-state index in [0.717, 1.165) is 23.4 Å². The second-order valence-corrected chi connectivity index (χ2v) is 8.18. The minimum Gasteiger partial charge on any atom is -0.377 e. The zero-order valence-corrected chi connectivity index (χ0v) is 19.3. The molecule has 0 spiro atoms. The highest BCUT2D eigenvalue weighted by molar-refractivity contribution is 5.97. The van der Waals surface area contributed by atoms with E-state index in [2.05, 4.69) is 43.6 Å². The lowest BCUT2D eigenvalue weighted by molar-refractivity contribution is 0.402. The lowest BCUT2D eigenvalue weighted by Crippen LogP contribution is -2.28. The van der Waals surface area contributed by atoms with Crippen molar-refractivity contribution in [2.24, 2.45) is 0 Å². The SMILES string of the molecule is CC.CN(C)Cc1cccc(C2c3n[nH]c(=O)c4cc(F)cc(c34)NC2c2ccncc2)c1. The van der Waals surface area contributed by atoms with Crippen LogP contribution in [-0.4, -0.2) is 34.2 Å². The molecule has 33 heavy (non-hydrogen) atoms. The van der Waals surface area contributed by atoms with Crippen LogP contribution in [0.3, 0.4) is 0 Å². The Morgan fingerprint density at radius 1 is 1.03 bits per heavy atom. The quantitative estimate of drug-likeness (QED) is 0.470. The van der Waals surface area contributed by atoms with Crippen LogP contribution in [0, 0.1) is 5.82 Å². The monoisotopic (exact) mass is 445 g/mol. The minimum absolute atomic E-state index is 0.179. The van der Waals surface area contributed by atoms with Crippen LogP contribution in [-0.2, 0) is 6.54 Å². The standard InChI is InChI=1S/C24H22FN5O.C2H6/c1-30(2)13-14-4-3-5-16(10-14)20-22(15-6-8-26-9-7-15)27-19-12-17(25)11-18-21(19)23(20)28-29-24(18)31;1-2/h3-12,20,22,27H,13H2,1-2H3,(H,29,31);1-2H3. The summed E-state index contributed by atoms with van der Waals surface area (Å²) in [5.41, 5.74) is 4.17. The molecule has 6 nitrogen and oxygen atoms in total. The van der Waals surface area contributed by atoms with Gasteiger partial charge in [-0.1, -0.05) is 38.1 Å². The van der Waals surface area contributed by atoms with Crippen LogP contribution in [0.2, 0.25) is 0 Å². The highest BCUT2D eigenvalue weighted by atomic mass is 19.1. The van der Waals surface area contributed by atoms with E-state index in [9.17, 15) is 9.18 Å². The highest BCUT2D eigenvalue weighted by Crippen LogP contribution is 2.46. The molecule has 0 amide bonds. The van der Waals surface area contributed by atoms with E-state index >= 15 is 0 Å². The number of H-pyrrole nitrogens is 1. The topological polar surface area (TPSA) is 73.9 Å². The number of hydrogen-bond donors (Lipinski definition) is 2. The molecular weight excluding hydrogens is 417 g/mol. The van der Waals surface area contributed by atoms with Crippen LogP contribution >= 0.6 is 0 Å². The molecule has 0 aliphatic carbocycles. The Kier molecular flexibility index (Phi) is 6.51. The molecule has 2 aromatic carbocycles. The van der Waals surface area contributed by atoms with Gasteiger partial charge in [0.25, 0.3) is 5.56 Å². The van der Waals surface area contributed by atoms with Gasteiger partial charge >= 0.3 is 0 Å². The summed E-state index contributed by atoms with van der Waals surface area (Å²) < 4.78 is 14.3. The molecule has 0 saturated carbocycles. The van der Waals surface area contributed by atoms with Gasteiger partial charge in [-0.05, 0) is 55.1 Å². The zero-order valence-electron chi connectivity index (χ0n) is 19.3. The number of nitrogens with one attached hydrogen (secondary N) is 2. The number of anilines is 1. The van der Waals surface area contributed by atoms with E-state index in [1.165, 1.54) is 17.7 Å². The van der Waals surface area contributed by atoms with Crippen LogP contribution < -0.4 is 10.9 Å². The second kappa shape index (κ2) is 9.50. The molecule has 1 aliphatic heterocycles. The first kappa shape index (κ1) is 22.6. The van der Waals surface area contributed by atoms with Gasteiger partial charge < -0.3 is 10.2 Å². The van der Waals surface area contributed by atoms with Crippen molar-refractivity contribution in [3.05, 3.63) is 99.5 Å². The first-order valence-corrected chi connectivity index (χ1v) is 11.1. The predicted octanol–water partition coefficient (Wildman–Crippen LogP) is 4.84. The third kappa shape index (κ3) is 4.36. The Bertz CT molecular complexity index is 1320. The summed E-state index contributed by atoms with van der Waals surface area (Å²) in [4.78, 5) is 18.7. The van der Waals surface area contributed by atoms with Gasteiger partial charge in [0.15, 0.2) is 0 Å². The Hall–Kier alpha value is -3.58. The summed E-state index contributed by atoms with van der Waals surface area (Å²) in [5.74, 6) is -0.639. The maximum Gasteiger partial charge on any atom is 0.272 e. The van der Waals surface area contributed by atoms with Crippen LogP contribution in [0.4, 0.5) is 10.1 Å². The number of nitrogens with zero attached hydrogens (tertiary/aromatic N) is 3. The summed E-state index contributed by atoms with van der Waals surface area (Å²) in [6, 6.07) is 14.8. The van der Waals surface area contributed by atoms with Crippen molar-refractivity contribution in [3.8, 4) is 0 Å². The van der Waals surface area contributed by atoms with Crippen molar-refractivity contribution in [3.63, 3.8) is 0 Å². The average molecular weight is 446 g/mol. The molecule has 7 heteroatoms. The van der Waals surface area contributed by atoms with Gasteiger partial charge in [-0.3, -0.25) is 9.78 Å². The summed E-state index contributed by atoms with van der Waals surface area (Å²) in [5, 5.41) is 11.5. The van der Waals surface area contributed by atoms with Gasteiger partial charge in [0.1, 0.15) is 5.82 Å². The molecule has 2 unspecified atom stereocenters. The van der Waals surface area contributed by atoms with Crippen molar-refractivity contribution in [1.29, 1.82) is 0 Å². The van der Waals surface area contributed by atoms with Gasteiger partial charge in [0, 0.05) is 30.0 Å². The van der Waals surface area contributed by atoms with Gasteiger partial charge in [-0.25, -0.2) is 9.49 Å². The molecule has 0 fully saturated rings. The number of aromatic nitrogens is 3. The van der Waals surface area contributed by atoms with Gasteiger partial charge in [0.2, 0.25) is 0 Å². The normalized spacial score (nSPS) is 16.8. The van der Waals surface area contributed by atoms with Crippen molar-refractivity contribution < 1.29 is 4.39 Å². The van der Waals surface area contributed by atoms with Gasteiger partial charge in [-0.2, -0.15) is 5.10 Å². The lowest BCUT2D eigenvalue weighted by Gasteiger charge is -2.35. The molecule has 170 valence electrons. The van der Waals surface area contributed by atoms with Crippen LogP contribution in [0.5, 0.6) is 0 Å². The van der Waals surface area contributed by atoms with Crippen LogP contribution in [0.15, 0.2) is 65.7 Å². The lowest BCUT2D eigenvalue weighted by atomic mass is 9.80. The van der Waals surface area contributed by atoms with Crippen molar-refractivity contribution >= 4 is 16.5 Å². The minimum atomic E-state index is -0.461. The maximum absolute atomic E-state index is 14.3. The third-order valence-corrected chi connectivity index (χ3v) is 5.69. The highest BCUT2D eigenvalue weighted by Gasteiger charge is 2.35. The number of rotatable bonds is 4. The molecule has 1 aliphatic rings. The Labute approximate surface area is 192 Å². The molecule has 5 rings (SSSR count). The van der Waals surface area contributed by atoms with Crippen molar-refractivity contribution in [2.75, 3.05) is 19.4 Å². The molecular formula is C26H28FN5O. The average Bonchev–Trinajstić information content (AvgIpc) is 2.82. The molecule has 0 radical (unpaired) electrons. The van der Waals surface area contributed by atoms with E-state index in [-0.39, 0.29) is 12.0 Å². The fraction of sp³-hybridized carbons (Fsp3) is 0.269. The number of hydrogen-bond acceptors (Lipinski definition) is 5. The van der Waals surface area contributed by atoms with Crippen molar-refractivity contribution in [2.45, 2.75) is 32.4 Å². The number of aromatic amines is 1. The largest absolute Gasteiger partial charge is 0.377 e. The first-order chi connectivity index (χ1) is 16.0. The van der Waals surface area contributed by atoms with E-state index in [1.807, 2.05) is 46.1 Å². The summed E-state index contributed by atoms with van der Waals surface area (Å²) in [6.45, 7) is 4.81. The van der Waals surface area contributed by atoms with Crippen LogP contribution in [0.1, 0.15) is 48.2 Å². The van der Waals surface area contributed by atoms with E-state index < -0.39 is 11.4 Å². The summed E-state index contributed by atoms with van der Waals surface area (Å²) in [7, 11) is 4.07. The Balaban J connectivity index is 0.00000126. The van der Waals surface area contributed by atoms with E-state index in [0.29, 0.717) is 16.5 Å². The maximum atomic E-state index is 14.3. The van der Waals surface area contributed by atoms with E-state index in [4.69, 9.17) is 0 Å². The van der Waals surface area contributed by atoms with Gasteiger partial charge in [0.05, 0.1) is 23.0 Å². The molecule has 0 bridgehead atoms. The summed E-state index contributed by atoms with van der Waals surface area (Å²) >= 11 is 0. The first-order valence-electron chi connectivity index (χ1n) is 11.1. The predicted molar refractivity (Wildman–Crippen MR) is 130 cm³/mol. The molecule has 2 N–H and O–H groups in total. The molecule has 2 aromatic heterocycles. The van der Waals surface area contributed by atoms with Crippen LogP contribution in [0.25, 0.3) is 10.8 Å². The van der Waals surface area contributed by atoms with E-state index in [1.54, 1.807) is 12.4 Å². The van der Waals surface area contributed by atoms with Gasteiger partial charge in [-0.15, -0.1) is 0 Å². The Morgan fingerprint density at radius 3 is 2.52 bits per heavy atom. The number of benzene rings is 2. The number of halogens is 1. The van der Waals surface area contributed by atoms with Crippen molar-refractivity contribution in [1.82, 2.24) is 20.1 Å². The fourth-order valence-corrected chi connectivity index (χ4v) is 4.48. The fourth-order valence-electron chi connectivity index (χ4n) is 4.48. The zero-order chi connectivity index (χ0) is 23.5. The molecule has 3 heterocycles. The third-order valence-electron chi connectivity index (χ3n) is 5.69. The molecule has 4 aromatic rings. The Morgan fingerprint density at radius 2 is 1.79 bits per heavy atom. The second-order valence-electron chi connectivity index (χ2n) is 8.18. The molecule has 2 atom stereocenters. The summed E-state index contributed by atoms with van der Waals surface area (Å²) in [6.07, 6.45) is 3.49. The molecule has 0 saturated heterocycles. The number of pyridine rings is 1.